The lowest BCUT2D eigenvalue weighted by molar-refractivity contribution is -0.135. The predicted molar refractivity (Wildman–Crippen MR) is 221 cm³/mol. The van der Waals surface area contributed by atoms with Crippen molar-refractivity contribution >= 4 is 40.9 Å². The van der Waals surface area contributed by atoms with Gasteiger partial charge in [0.2, 0.25) is 11.8 Å². The van der Waals surface area contributed by atoms with E-state index in [4.69, 9.17) is 14.5 Å². The summed E-state index contributed by atoms with van der Waals surface area (Å²) < 4.78 is 9.62. The third kappa shape index (κ3) is 8.57. The summed E-state index contributed by atoms with van der Waals surface area (Å²) in [5.41, 5.74) is 9.70. The Balaban J connectivity index is 0.948. The standard InChI is InChI=1S/C46H51N5O6/c1-29(2)41(48-45(54)56-3)43(52)50-24-8-12-39(50)36-23-22-35(26-36)32-18-14-30(15-19-32)31-16-20-33(21-17-31)37-27-38(47-28-37)40-13-9-25-51(40)44(53)42(49-46(55)57-4)34-10-6-5-7-11-34/h5-7,10-11,14-23,28-29,39-42H,8-9,12-13,24-27H2,1-4H3,(H,48,54)(H,49,55)/t39?,40-,41-,42-/m0/s1. The van der Waals surface area contributed by atoms with Crippen molar-refractivity contribution in [2.45, 2.75) is 76.5 Å². The normalized spacial score (nSPS) is 20.0. The molecule has 0 aromatic heterocycles. The van der Waals surface area contributed by atoms with Crippen LogP contribution in [0.2, 0.25) is 0 Å². The maximum Gasteiger partial charge on any atom is 0.407 e. The van der Waals surface area contributed by atoms with Crippen LogP contribution >= 0.6 is 0 Å². The topological polar surface area (TPSA) is 130 Å². The average Bonchev–Trinajstić information content (AvgIpc) is 4.09. The number of carbonyl (C=O) groups excluding carboxylic acids is 4. The summed E-state index contributed by atoms with van der Waals surface area (Å²) in [6, 6.07) is 24.8. The molecule has 0 spiro atoms. The highest BCUT2D eigenvalue weighted by molar-refractivity contribution is 6.04. The van der Waals surface area contributed by atoms with Gasteiger partial charge in [0.15, 0.2) is 0 Å². The van der Waals surface area contributed by atoms with E-state index in [1.807, 2.05) is 60.2 Å². The van der Waals surface area contributed by atoms with E-state index < -0.39 is 24.3 Å². The van der Waals surface area contributed by atoms with Gasteiger partial charge in [-0.2, -0.15) is 0 Å². The number of allylic oxidation sites excluding steroid dienone is 4. The first-order chi connectivity index (χ1) is 27.6. The molecule has 3 aliphatic heterocycles. The summed E-state index contributed by atoms with van der Waals surface area (Å²) in [7, 11) is 2.60. The molecule has 1 unspecified atom stereocenters. The first-order valence-corrected chi connectivity index (χ1v) is 19.9. The number of benzene rings is 3. The fraction of sp³-hybridized carbons (Fsp3) is 0.370. The summed E-state index contributed by atoms with van der Waals surface area (Å²) in [6.07, 6.45) is 9.96. The van der Waals surface area contributed by atoms with Crippen LogP contribution in [0.25, 0.3) is 22.3 Å². The summed E-state index contributed by atoms with van der Waals surface area (Å²) in [6.45, 7) is 5.14. The molecule has 7 rings (SSSR count). The smallest absolute Gasteiger partial charge is 0.407 e. The molecule has 57 heavy (non-hydrogen) atoms. The first-order valence-electron chi connectivity index (χ1n) is 19.9. The number of hydrogen-bond acceptors (Lipinski definition) is 7. The number of nitrogens with one attached hydrogen (secondary N) is 2. The summed E-state index contributed by atoms with van der Waals surface area (Å²) in [5, 5.41) is 5.47. The SMILES string of the molecule is COC(=O)N[C@H](C(=O)N1CCC[C@H]1C1=NC=C(c2ccc(-c3ccc(C4=CC=C(C5CCCN5C(=O)[C@@H](NC(=O)OC)C(C)C)C4)cc3)cc2)C1)c1ccccc1. The molecule has 4 atom stereocenters. The largest absolute Gasteiger partial charge is 0.453 e. The number of ether oxygens (including phenoxy) is 2. The van der Waals surface area contributed by atoms with Crippen LogP contribution in [0.5, 0.6) is 0 Å². The molecule has 4 aliphatic rings. The lowest BCUT2D eigenvalue weighted by atomic mass is 9.94. The number of aliphatic imine (C=N–C) groups is 1. The molecular weight excluding hydrogens is 719 g/mol. The molecule has 3 aromatic rings. The van der Waals surface area contributed by atoms with E-state index in [0.717, 1.165) is 65.6 Å². The van der Waals surface area contributed by atoms with Gasteiger partial charge in [0.1, 0.15) is 12.1 Å². The summed E-state index contributed by atoms with van der Waals surface area (Å²) in [4.78, 5) is 60.3. The van der Waals surface area contributed by atoms with Gasteiger partial charge in [0.25, 0.3) is 0 Å². The van der Waals surface area contributed by atoms with Crippen LogP contribution in [-0.4, -0.2) is 84.9 Å². The Hall–Kier alpha value is -5.97. The van der Waals surface area contributed by atoms with E-state index in [1.54, 1.807) is 0 Å². The molecule has 11 nitrogen and oxygen atoms in total. The maximum absolute atomic E-state index is 13.9. The van der Waals surface area contributed by atoms with E-state index in [0.29, 0.717) is 25.1 Å². The van der Waals surface area contributed by atoms with E-state index in [9.17, 15) is 19.2 Å². The monoisotopic (exact) mass is 769 g/mol. The van der Waals surface area contributed by atoms with E-state index in [-0.39, 0.29) is 29.8 Å². The van der Waals surface area contributed by atoms with Crippen LogP contribution < -0.4 is 10.6 Å². The first kappa shape index (κ1) is 39.3. The minimum absolute atomic E-state index is 0.0168. The highest BCUT2D eigenvalue weighted by Crippen LogP contribution is 2.37. The van der Waals surface area contributed by atoms with Crippen molar-refractivity contribution in [3.8, 4) is 11.1 Å². The number of methoxy groups -OCH3 is 2. The zero-order chi connectivity index (χ0) is 40.1. The summed E-state index contributed by atoms with van der Waals surface area (Å²) in [5.74, 6) is -0.290. The van der Waals surface area contributed by atoms with Gasteiger partial charge in [-0.1, -0.05) is 105 Å². The minimum atomic E-state index is -0.846. The van der Waals surface area contributed by atoms with Crippen LogP contribution in [-0.2, 0) is 19.1 Å². The van der Waals surface area contributed by atoms with Crippen molar-refractivity contribution in [2.75, 3.05) is 27.3 Å². The molecule has 3 aromatic carbocycles. The molecule has 0 radical (unpaired) electrons. The number of nitrogens with zero attached hydrogens (tertiary/aromatic N) is 3. The Morgan fingerprint density at radius 1 is 0.667 bits per heavy atom. The molecule has 11 heteroatoms. The van der Waals surface area contributed by atoms with Gasteiger partial charge in [-0.05, 0) is 82.6 Å². The Morgan fingerprint density at radius 2 is 1.23 bits per heavy atom. The molecule has 0 bridgehead atoms. The predicted octanol–water partition coefficient (Wildman–Crippen LogP) is 7.71. The molecule has 2 N–H and O–H groups in total. The molecule has 2 fully saturated rings. The fourth-order valence-electron chi connectivity index (χ4n) is 8.50. The van der Waals surface area contributed by atoms with Gasteiger partial charge >= 0.3 is 12.2 Å². The van der Waals surface area contributed by atoms with Crippen molar-refractivity contribution < 1.29 is 28.7 Å². The van der Waals surface area contributed by atoms with E-state index >= 15 is 0 Å². The number of amides is 4. The summed E-state index contributed by atoms with van der Waals surface area (Å²) >= 11 is 0. The molecule has 3 heterocycles. The lowest BCUT2D eigenvalue weighted by Gasteiger charge is -2.31. The van der Waals surface area contributed by atoms with Crippen molar-refractivity contribution in [3.63, 3.8) is 0 Å². The van der Waals surface area contributed by atoms with Crippen LogP contribution in [0.4, 0.5) is 9.59 Å². The van der Waals surface area contributed by atoms with Gasteiger partial charge in [-0.25, -0.2) is 9.59 Å². The molecule has 1 aliphatic carbocycles. The zero-order valence-corrected chi connectivity index (χ0v) is 33.1. The number of rotatable bonds is 11. The highest BCUT2D eigenvalue weighted by atomic mass is 16.5. The molecule has 296 valence electrons. The number of carbonyl (C=O) groups is 4. The third-order valence-corrected chi connectivity index (χ3v) is 11.6. The van der Waals surface area contributed by atoms with Gasteiger partial charge in [-0.3, -0.25) is 14.6 Å². The van der Waals surface area contributed by atoms with Crippen molar-refractivity contribution in [1.82, 2.24) is 20.4 Å². The van der Waals surface area contributed by atoms with Gasteiger partial charge < -0.3 is 29.9 Å². The van der Waals surface area contributed by atoms with Crippen molar-refractivity contribution in [3.05, 3.63) is 119 Å². The second kappa shape index (κ2) is 17.4. The maximum atomic E-state index is 13.9. The molecule has 2 saturated heterocycles. The highest BCUT2D eigenvalue weighted by Gasteiger charge is 2.39. The van der Waals surface area contributed by atoms with Crippen LogP contribution in [0.1, 0.15) is 75.1 Å². The Kier molecular flexibility index (Phi) is 12.0. The second-order valence-corrected chi connectivity index (χ2v) is 15.4. The average molecular weight is 770 g/mol. The Labute approximate surface area is 334 Å². The minimum Gasteiger partial charge on any atom is -0.453 e. The quantitative estimate of drug-likeness (QED) is 0.206. The van der Waals surface area contributed by atoms with Crippen molar-refractivity contribution in [1.29, 1.82) is 0 Å². The molecular formula is C46H51N5O6. The van der Waals surface area contributed by atoms with E-state index in [1.165, 1.54) is 25.4 Å². The number of alkyl carbamates (subject to hydrolysis) is 2. The van der Waals surface area contributed by atoms with Crippen molar-refractivity contribution in [2.24, 2.45) is 10.9 Å². The zero-order valence-electron chi connectivity index (χ0n) is 33.1. The molecule has 0 saturated carbocycles. The van der Waals surface area contributed by atoms with Crippen LogP contribution in [0.15, 0.2) is 108 Å². The van der Waals surface area contributed by atoms with Gasteiger partial charge in [-0.15, -0.1) is 0 Å². The van der Waals surface area contributed by atoms with Crippen LogP contribution in [0.3, 0.4) is 0 Å². The van der Waals surface area contributed by atoms with Gasteiger partial charge in [0, 0.05) is 31.4 Å². The van der Waals surface area contributed by atoms with E-state index in [2.05, 4.69) is 71.3 Å². The lowest BCUT2D eigenvalue weighted by Crippen LogP contribution is -2.52. The third-order valence-electron chi connectivity index (χ3n) is 11.6. The Bertz CT molecular complexity index is 2100. The fourth-order valence-corrected chi connectivity index (χ4v) is 8.50. The molecule has 4 amide bonds. The van der Waals surface area contributed by atoms with Gasteiger partial charge in [0.05, 0.1) is 26.3 Å². The van der Waals surface area contributed by atoms with Crippen LogP contribution in [0, 0.1) is 5.92 Å². The second-order valence-electron chi connectivity index (χ2n) is 15.4. The number of likely N-dealkylation sites (tertiary alicyclic amines) is 2. The number of hydrogen-bond donors (Lipinski definition) is 2. The Morgan fingerprint density at radius 3 is 1.84 bits per heavy atom.